The van der Waals surface area contributed by atoms with Gasteiger partial charge in [0.05, 0.1) is 10.9 Å². The molecule has 0 amide bonds. The Bertz CT molecular complexity index is 824. The van der Waals surface area contributed by atoms with E-state index >= 15 is 0 Å². The largest absolute Gasteiger partial charge is 0.440 e. The number of para-hydroxylation sites is 1. The zero-order valence-corrected chi connectivity index (χ0v) is 10.6. The maximum absolute atomic E-state index is 12.5. The third-order valence-electron chi connectivity index (χ3n) is 2.94. The van der Waals surface area contributed by atoms with Gasteiger partial charge in [0.2, 0.25) is 11.3 Å². The molecule has 19 heavy (non-hydrogen) atoms. The summed E-state index contributed by atoms with van der Waals surface area (Å²) in [5.74, 6) is 0.103. The molecule has 0 bridgehead atoms. The van der Waals surface area contributed by atoms with Gasteiger partial charge in [0.25, 0.3) is 0 Å². The third-order valence-corrected chi connectivity index (χ3v) is 3.17. The van der Waals surface area contributed by atoms with Gasteiger partial charge in [-0.15, -0.1) is 0 Å². The van der Waals surface area contributed by atoms with Crippen molar-refractivity contribution in [2.75, 3.05) is 5.73 Å². The number of nitrogen functional groups attached to an aromatic ring is 1. The lowest BCUT2D eigenvalue weighted by Gasteiger charge is -2.06. The molecule has 0 aliphatic carbocycles. The fraction of sp³-hybridized carbons (Fsp3) is 0. The first-order valence-electron chi connectivity index (χ1n) is 5.74. The Hall–Kier alpha value is -2.26. The van der Waals surface area contributed by atoms with Crippen LogP contribution in [0.4, 0.5) is 5.88 Å². The second-order valence-electron chi connectivity index (χ2n) is 4.18. The highest BCUT2D eigenvalue weighted by Crippen LogP contribution is 2.27. The van der Waals surface area contributed by atoms with Crippen molar-refractivity contribution in [3.05, 3.63) is 63.8 Å². The van der Waals surface area contributed by atoms with Crippen LogP contribution in [0.2, 0.25) is 5.02 Å². The Morgan fingerprint density at radius 3 is 2.63 bits per heavy atom. The number of nitrogens with two attached hydrogens (primary N) is 1. The topological polar surface area (TPSA) is 56.2 Å². The van der Waals surface area contributed by atoms with E-state index in [1.807, 2.05) is 0 Å². The third kappa shape index (κ3) is 1.98. The van der Waals surface area contributed by atoms with Gasteiger partial charge in [0, 0.05) is 5.02 Å². The lowest BCUT2D eigenvalue weighted by molar-refractivity contribution is 0.626. The standard InChI is InChI=1S/C15H10ClNO2/c16-10-5-3-4-9(8-10)13-14(18)11-6-1-2-7-12(11)19-15(13)17/h1-8H,17H2. The molecule has 4 heteroatoms. The van der Waals surface area contributed by atoms with E-state index in [4.69, 9.17) is 21.8 Å². The van der Waals surface area contributed by atoms with Crippen LogP contribution in [0, 0.1) is 0 Å². The lowest BCUT2D eigenvalue weighted by atomic mass is 10.0. The van der Waals surface area contributed by atoms with Gasteiger partial charge >= 0.3 is 0 Å². The van der Waals surface area contributed by atoms with Gasteiger partial charge in [-0.2, -0.15) is 0 Å². The normalized spacial score (nSPS) is 10.8. The molecular weight excluding hydrogens is 262 g/mol. The molecule has 1 heterocycles. The molecule has 3 rings (SSSR count). The monoisotopic (exact) mass is 271 g/mol. The highest BCUT2D eigenvalue weighted by Gasteiger charge is 2.13. The Morgan fingerprint density at radius 2 is 1.84 bits per heavy atom. The van der Waals surface area contributed by atoms with E-state index in [1.165, 1.54) is 0 Å². The summed E-state index contributed by atoms with van der Waals surface area (Å²) in [6.07, 6.45) is 0. The first-order valence-corrected chi connectivity index (χ1v) is 6.12. The van der Waals surface area contributed by atoms with Crippen molar-refractivity contribution in [3.63, 3.8) is 0 Å². The molecule has 0 unspecified atom stereocenters. The van der Waals surface area contributed by atoms with Gasteiger partial charge in [-0.25, -0.2) is 0 Å². The minimum absolute atomic E-state index is 0.103. The molecule has 0 atom stereocenters. The summed E-state index contributed by atoms with van der Waals surface area (Å²) in [6.45, 7) is 0. The number of hydrogen-bond acceptors (Lipinski definition) is 3. The SMILES string of the molecule is Nc1oc2ccccc2c(=O)c1-c1cccc(Cl)c1. The van der Waals surface area contributed by atoms with Gasteiger partial charge in [-0.3, -0.25) is 4.79 Å². The van der Waals surface area contributed by atoms with Crippen LogP contribution < -0.4 is 11.2 Å². The Labute approximate surface area is 114 Å². The van der Waals surface area contributed by atoms with E-state index in [0.29, 0.717) is 27.1 Å². The molecule has 0 aliphatic rings. The highest BCUT2D eigenvalue weighted by molar-refractivity contribution is 6.30. The van der Waals surface area contributed by atoms with Crippen molar-refractivity contribution in [1.82, 2.24) is 0 Å². The number of benzene rings is 2. The first-order chi connectivity index (χ1) is 9.16. The fourth-order valence-corrected chi connectivity index (χ4v) is 2.27. The number of anilines is 1. The van der Waals surface area contributed by atoms with Crippen LogP contribution in [0.5, 0.6) is 0 Å². The predicted octanol–water partition coefficient (Wildman–Crippen LogP) is 3.70. The van der Waals surface area contributed by atoms with Gasteiger partial charge in [0.1, 0.15) is 5.58 Å². The van der Waals surface area contributed by atoms with E-state index in [-0.39, 0.29) is 11.3 Å². The number of rotatable bonds is 1. The van der Waals surface area contributed by atoms with E-state index in [9.17, 15) is 4.79 Å². The van der Waals surface area contributed by atoms with Crippen LogP contribution in [-0.2, 0) is 0 Å². The van der Waals surface area contributed by atoms with Crippen LogP contribution in [0.3, 0.4) is 0 Å². The Kier molecular flexibility index (Phi) is 2.76. The molecule has 0 fully saturated rings. The summed E-state index contributed by atoms with van der Waals surface area (Å²) in [5, 5.41) is 1.05. The van der Waals surface area contributed by atoms with Crippen molar-refractivity contribution in [2.24, 2.45) is 0 Å². The smallest absolute Gasteiger partial charge is 0.202 e. The quantitative estimate of drug-likeness (QED) is 0.734. The van der Waals surface area contributed by atoms with E-state index < -0.39 is 0 Å². The van der Waals surface area contributed by atoms with Crippen molar-refractivity contribution < 1.29 is 4.42 Å². The van der Waals surface area contributed by atoms with E-state index in [1.54, 1.807) is 48.5 Å². The predicted molar refractivity (Wildman–Crippen MR) is 77.3 cm³/mol. The molecule has 0 aliphatic heterocycles. The number of hydrogen-bond donors (Lipinski definition) is 1. The van der Waals surface area contributed by atoms with Crippen molar-refractivity contribution in [2.45, 2.75) is 0 Å². The van der Waals surface area contributed by atoms with Gasteiger partial charge < -0.3 is 10.2 Å². The summed E-state index contributed by atoms with van der Waals surface area (Å²) in [4.78, 5) is 12.5. The molecule has 94 valence electrons. The molecule has 0 spiro atoms. The molecular formula is C15H10ClNO2. The van der Waals surface area contributed by atoms with Gasteiger partial charge in [-0.1, -0.05) is 35.9 Å². The first kappa shape index (κ1) is 11.8. The van der Waals surface area contributed by atoms with Crippen LogP contribution in [0.15, 0.2) is 57.7 Å². The summed E-state index contributed by atoms with van der Waals surface area (Å²) >= 11 is 5.94. The summed E-state index contributed by atoms with van der Waals surface area (Å²) < 4.78 is 5.50. The second-order valence-corrected chi connectivity index (χ2v) is 4.61. The average Bonchev–Trinajstić information content (AvgIpc) is 2.39. The Balaban J connectivity index is 2.39. The molecule has 0 radical (unpaired) electrons. The van der Waals surface area contributed by atoms with Crippen LogP contribution >= 0.6 is 11.6 Å². The van der Waals surface area contributed by atoms with Crippen molar-refractivity contribution in [3.8, 4) is 11.1 Å². The molecule has 3 aromatic rings. The average molecular weight is 272 g/mol. The zero-order valence-electron chi connectivity index (χ0n) is 9.89. The molecule has 0 saturated carbocycles. The maximum Gasteiger partial charge on any atom is 0.202 e. The molecule has 1 aromatic heterocycles. The van der Waals surface area contributed by atoms with E-state index in [2.05, 4.69) is 0 Å². The number of halogens is 1. The van der Waals surface area contributed by atoms with Crippen LogP contribution in [-0.4, -0.2) is 0 Å². The summed E-state index contributed by atoms with van der Waals surface area (Å²) in [7, 11) is 0. The molecule has 0 saturated heterocycles. The highest BCUT2D eigenvalue weighted by atomic mass is 35.5. The van der Waals surface area contributed by atoms with Crippen molar-refractivity contribution in [1.29, 1.82) is 0 Å². The van der Waals surface area contributed by atoms with Gasteiger partial charge in [-0.05, 0) is 29.8 Å². The maximum atomic E-state index is 12.5. The molecule has 3 nitrogen and oxygen atoms in total. The van der Waals surface area contributed by atoms with Gasteiger partial charge in [0.15, 0.2) is 0 Å². The molecule has 2 aromatic carbocycles. The van der Waals surface area contributed by atoms with E-state index in [0.717, 1.165) is 0 Å². The summed E-state index contributed by atoms with van der Waals surface area (Å²) in [5.41, 5.74) is 7.20. The zero-order chi connectivity index (χ0) is 13.4. The lowest BCUT2D eigenvalue weighted by Crippen LogP contribution is -2.08. The minimum atomic E-state index is -0.151. The molecule has 2 N–H and O–H groups in total. The van der Waals surface area contributed by atoms with Crippen LogP contribution in [0.25, 0.3) is 22.1 Å². The number of fused-ring (bicyclic) bond motifs is 1. The summed E-state index contributed by atoms with van der Waals surface area (Å²) in [6, 6.07) is 14.0. The van der Waals surface area contributed by atoms with Crippen LogP contribution in [0.1, 0.15) is 0 Å². The van der Waals surface area contributed by atoms with Crippen molar-refractivity contribution >= 4 is 28.5 Å². The Morgan fingerprint density at radius 1 is 1.05 bits per heavy atom. The second kappa shape index (κ2) is 4.44. The minimum Gasteiger partial charge on any atom is -0.440 e. The fourth-order valence-electron chi connectivity index (χ4n) is 2.08.